The molecule has 24 heavy (non-hydrogen) atoms. The van der Waals surface area contributed by atoms with Gasteiger partial charge in [0, 0.05) is 23.8 Å². The van der Waals surface area contributed by atoms with Gasteiger partial charge in [-0.15, -0.1) is 5.10 Å². The van der Waals surface area contributed by atoms with E-state index in [-0.39, 0.29) is 0 Å². The molecule has 0 unspecified atom stereocenters. The molecule has 4 rings (SSSR count). The topological polar surface area (TPSA) is 27.6 Å². The first-order chi connectivity index (χ1) is 11.9. The lowest BCUT2D eigenvalue weighted by Gasteiger charge is -2.15. The molecule has 114 valence electrons. The predicted molar refractivity (Wildman–Crippen MR) is 97.3 cm³/mol. The summed E-state index contributed by atoms with van der Waals surface area (Å²) in [6, 6.07) is 30.4. The van der Waals surface area contributed by atoms with Crippen molar-refractivity contribution >= 4 is 11.4 Å². The van der Waals surface area contributed by atoms with Gasteiger partial charge in [-0.1, -0.05) is 36.4 Å². The zero-order valence-electron chi connectivity index (χ0n) is 13.1. The van der Waals surface area contributed by atoms with Crippen LogP contribution < -0.4 is 10.5 Å². The number of allylic oxidation sites excluding steroid dienone is 1. The van der Waals surface area contributed by atoms with Crippen LogP contribution in [0.25, 0.3) is 0 Å². The van der Waals surface area contributed by atoms with Gasteiger partial charge in [-0.05, 0) is 42.5 Å². The second kappa shape index (κ2) is 6.37. The van der Waals surface area contributed by atoms with E-state index in [4.69, 9.17) is 0 Å². The van der Waals surface area contributed by atoms with Crippen molar-refractivity contribution in [2.75, 3.05) is 5.01 Å². The van der Waals surface area contributed by atoms with Crippen molar-refractivity contribution in [1.29, 1.82) is 0 Å². The molecule has 1 heterocycles. The van der Waals surface area contributed by atoms with Gasteiger partial charge in [-0.2, -0.15) is 0 Å². The highest BCUT2D eigenvalue weighted by Gasteiger charge is 2.30. The van der Waals surface area contributed by atoms with E-state index in [9.17, 15) is 0 Å². The van der Waals surface area contributed by atoms with E-state index in [1.165, 1.54) is 0 Å². The molecule has 3 aromatic carbocycles. The Hall–Kier alpha value is -3.42. The van der Waals surface area contributed by atoms with Crippen molar-refractivity contribution in [2.45, 2.75) is 0 Å². The summed E-state index contributed by atoms with van der Waals surface area (Å²) in [4.78, 5) is 0. The SMILES string of the molecule is [C+](=C1C(c2ccccc2)=NNN1c1ccccc1)c1ccccc1. The molecular formula is C21H16N3+. The Bertz CT molecular complexity index is 869. The molecule has 0 amide bonds. The van der Waals surface area contributed by atoms with Crippen LogP contribution >= 0.6 is 0 Å². The smallest absolute Gasteiger partial charge is 0.211 e. The molecule has 3 heteroatoms. The van der Waals surface area contributed by atoms with E-state index >= 15 is 0 Å². The molecule has 1 aliphatic rings. The highest BCUT2D eigenvalue weighted by molar-refractivity contribution is 6.15. The Balaban J connectivity index is 1.79. The highest BCUT2D eigenvalue weighted by atomic mass is 15.7. The Kier molecular flexibility index (Phi) is 3.77. The number of hydrazine groups is 1. The molecule has 0 saturated heterocycles. The monoisotopic (exact) mass is 310 g/mol. The first-order valence-corrected chi connectivity index (χ1v) is 7.85. The molecule has 0 atom stereocenters. The van der Waals surface area contributed by atoms with E-state index in [1.54, 1.807) is 0 Å². The van der Waals surface area contributed by atoms with Gasteiger partial charge in [0.25, 0.3) is 0 Å². The standard InChI is InChI=1S/C21H16N3/c1-4-10-17(11-5-1)16-20-21(18-12-6-2-7-13-18)22-23-24(20)19-14-8-3-9-15-19/h1-15,23H/q+1. The van der Waals surface area contributed by atoms with E-state index in [2.05, 4.69) is 28.8 Å². The lowest BCUT2D eigenvalue weighted by Crippen LogP contribution is -2.29. The normalized spacial score (nSPS) is 14.9. The third kappa shape index (κ3) is 2.76. The molecular weight excluding hydrogens is 294 g/mol. The van der Waals surface area contributed by atoms with Crippen LogP contribution in [0.3, 0.4) is 0 Å². The Morgan fingerprint density at radius 2 is 1.29 bits per heavy atom. The molecule has 1 N–H and O–H groups in total. The molecule has 0 aliphatic carbocycles. The molecule has 0 saturated carbocycles. The third-order valence-electron chi connectivity index (χ3n) is 3.81. The fourth-order valence-electron chi connectivity index (χ4n) is 2.64. The van der Waals surface area contributed by atoms with Crippen molar-refractivity contribution in [2.24, 2.45) is 5.10 Å². The largest absolute Gasteiger partial charge is 0.228 e. The zero-order chi connectivity index (χ0) is 16.2. The first kappa shape index (κ1) is 14.2. The molecule has 0 aromatic heterocycles. The van der Waals surface area contributed by atoms with Crippen molar-refractivity contribution in [3.8, 4) is 0 Å². The number of nitrogens with zero attached hydrogens (tertiary/aromatic N) is 2. The van der Waals surface area contributed by atoms with Crippen LogP contribution in [0, 0.1) is 6.08 Å². The predicted octanol–water partition coefficient (Wildman–Crippen LogP) is 4.15. The van der Waals surface area contributed by atoms with Crippen LogP contribution in [0.1, 0.15) is 11.1 Å². The minimum atomic E-state index is 0.878. The van der Waals surface area contributed by atoms with E-state index < -0.39 is 0 Å². The lowest BCUT2D eigenvalue weighted by atomic mass is 10.0. The van der Waals surface area contributed by atoms with E-state index in [0.29, 0.717) is 0 Å². The quantitative estimate of drug-likeness (QED) is 0.736. The number of hydrogen-bond donors (Lipinski definition) is 1. The maximum absolute atomic E-state index is 4.53. The summed E-state index contributed by atoms with van der Waals surface area (Å²) in [6.07, 6.45) is 3.49. The van der Waals surface area contributed by atoms with Crippen molar-refractivity contribution < 1.29 is 0 Å². The second-order valence-corrected chi connectivity index (χ2v) is 5.44. The summed E-state index contributed by atoms with van der Waals surface area (Å²) in [5.41, 5.74) is 7.98. The van der Waals surface area contributed by atoms with Gasteiger partial charge < -0.3 is 0 Å². The Labute approximate surface area is 141 Å². The Morgan fingerprint density at radius 1 is 0.708 bits per heavy atom. The van der Waals surface area contributed by atoms with E-state index in [0.717, 1.165) is 28.2 Å². The number of hydrogen-bond acceptors (Lipinski definition) is 3. The van der Waals surface area contributed by atoms with Gasteiger partial charge in [-0.25, -0.2) is 10.5 Å². The van der Waals surface area contributed by atoms with Gasteiger partial charge in [0.1, 0.15) is 5.56 Å². The summed E-state index contributed by atoms with van der Waals surface area (Å²) in [6.45, 7) is 0. The van der Waals surface area contributed by atoms with Crippen LogP contribution in [-0.4, -0.2) is 5.71 Å². The minimum Gasteiger partial charge on any atom is -0.211 e. The molecule has 0 radical (unpaired) electrons. The molecule has 0 fully saturated rings. The van der Waals surface area contributed by atoms with Crippen molar-refractivity contribution in [3.05, 3.63) is 114 Å². The molecule has 3 aromatic rings. The fraction of sp³-hybridized carbons (Fsp3) is 0. The summed E-state index contributed by atoms with van der Waals surface area (Å²) in [5.74, 6) is 0. The summed E-state index contributed by atoms with van der Waals surface area (Å²) in [7, 11) is 0. The molecule has 0 spiro atoms. The third-order valence-corrected chi connectivity index (χ3v) is 3.81. The Morgan fingerprint density at radius 3 is 1.96 bits per heavy atom. The average molecular weight is 310 g/mol. The maximum atomic E-state index is 4.53. The van der Waals surface area contributed by atoms with Crippen molar-refractivity contribution in [1.82, 2.24) is 5.53 Å². The van der Waals surface area contributed by atoms with Gasteiger partial charge in [0.05, 0.1) is 5.69 Å². The first-order valence-electron chi connectivity index (χ1n) is 7.85. The van der Waals surface area contributed by atoms with Crippen LogP contribution in [0.4, 0.5) is 5.69 Å². The second-order valence-electron chi connectivity index (χ2n) is 5.44. The average Bonchev–Trinajstić information content (AvgIpc) is 3.07. The molecule has 1 aliphatic heterocycles. The van der Waals surface area contributed by atoms with Crippen LogP contribution in [0.5, 0.6) is 0 Å². The summed E-state index contributed by atoms with van der Waals surface area (Å²) >= 11 is 0. The van der Waals surface area contributed by atoms with Gasteiger partial charge in [0.2, 0.25) is 5.70 Å². The maximum Gasteiger partial charge on any atom is 0.228 e. The number of anilines is 1. The minimum absolute atomic E-state index is 0.878. The van der Waals surface area contributed by atoms with Gasteiger partial charge in [-0.3, -0.25) is 0 Å². The molecule has 0 bridgehead atoms. The number of benzene rings is 3. The summed E-state index contributed by atoms with van der Waals surface area (Å²) in [5, 5.41) is 6.49. The van der Waals surface area contributed by atoms with Crippen molar-refractivity contribution in [3.63, 3.8) is 0 Å². The van der Waals surface area contributed by atoms with Gasteiger partial charge in [0.15, 0.2) is 5.71 Å². The number of hydrazone groups is 1. The number of nitrogens with one attached hydrogen (secondary N) is 1. The van der Waals surface area contributed by atoms with Crippen LogP contribution in [-0.2, 0) is 0 Å². The fourth-order valence-corrected chi connectivity index (χ4v) is 2.64. The van der Waals surface area contributed by atoms with E-state index in [1.807, 2.05) is 83.9 Å². The number of para-hydroxylation sites is 1. The highest BCUT2D eigenvalue weighted by Crippen LogP contribution is 2.25. The lowest BCUT2D eigenvalue weighted by molar-refractivity contribution is 0.777. The van der Waals surface area contributed by atoms with Gasteiger partial charge >= 0.3 is 0 Å². The van der Waals surface area contributed by atoms with Crippen LogP contribution in [0.2, 0.25) is 0 Å². The molecule has 3 nitrogen and oxygen atoms in total. The number of rotatable bonds is 3. The summed E-state index contributed by atoms with van der Waals surface area (Å²) < 4.78 is 0. The van der Waals surface area contributed by atoms with Crippen LogP contribution in [0.15, 0.2) is 102 Å². The zero-order valence-corrected chi connectivity index (χ0v) is 13.1.